The first kappa shape index (κ1) is 23.7. The van der Waals surface area contributed by atoms with Crippen molar-refractivity contribution in [2.75, 3.05) is 13.7 Å². The molecular formula is C27H29F3O2. The van der Waals surface area contributed by atoms with Gasteiger partial charge in [0.2, 0.25) is 0 Å². The van der Waals surface area contributed by atoms with Crippen LogP contribution in [0.4, 0.5) is 13.2 Å². The standard InChI is InChI=1S/C27H29F3O2/c1-17-5-9-21(10-6-17)23-13-14-24(27(30)26(23)29)22-11-7-20(8-12-22)16-32-19(3)25(28)15-18(2)31-4/h5-6,9-10,13-15,20,22H,2-3,7-8,11-12,16H2,1,4H3/b25-15+. The van der Waals surface area contributed by atoms with Crippen LogP contribution in [-0.2, 0) is 9.47 Å². The summed E-state index contributed by atoms with van der Waals surface area (Å²) in [7, 11) is 1.40. The number of hydrogen-bond acceptors (Lipinski definition) is 2. The number of halogens is 3. The lowest BCUT2D eigenvalue weighted by Crippen LogP contribution is -2.19. The van der Waals surface area contributed by atoms with E-state index >= 15 is 0 Å². The molecule has 1 aliphatic carbocycles. The minimum absolute atomic E-state index is 0.0438. The van der Waals surface area contributed by atoms with E-state index in [1.54, 1.807) is 24.3 Å². The first-order valence-electron chi connectivity index (χ1n) is 10.8. The Balaban J connectivity index is 1.59. The monoisotopic (exact) mass is 442 g/mol. The van der Waals surface area contributed by atoms with Gasteiger partial charge in [0.25, 0.3) is 0 Å². The van der Waals surface area contributed by atoms with E-state index in [0.717, 1.165) is 37.3 Å². The number of rotatable bonds is 8. The molecule has 3 rings (SSSR count). The predicted octanol–water partition coefficient (Wildman–Crippen LogP) is 7.76. The Hall–Kier alpha value is -2.95. The molecule has 0 bridgehead atoms. The van der Waals surface area contributed by atoms with Crippen LogP contribution in [0.5, 0.6) is 0 Å². The van der Waals surface area contributed by atoms with Crippen molar-refractivity contribution in [3.8, 4) is 11.1 Å². The molecule has 5 heteroatoms. The van der Waals surface area contributed by atoms with E-state index < -0.39 is 17.5 Å². The minimum atomic E-state index is -0.798. The van der Waals surface area contributed by atoms with E-state index in [1.807, 2.05) is 19.1 Å². The van der Waals surface area contributed by atoms with Gasteiger partial charge >= 0.3 is 0 Å². The third kappa shape index (κ3) is 5.64. The Morgan fingerprint density at radius 3 is 2.28 bits per heavy atom. The van der Waals surface area contributed by atoms with Gasteiger partial charge in [-0.05, 0) is 55.6 Å². The van der Waals surface area contributed by atoms with E-state index in [4.69, 9.17) is 9.47 Å². The molecule has 170 valence electrons. The Morgan fingerprint density at radius 1 is 1.00 bits per heavy atom. The molecule has 0 spiro atoms. The highest BCUT2D eigenvalue weighted by Gasteiger charge is 2.27. The van der Waals surface area contributed by atoms with Gasteiger partial charge in [0.1, 0.15) is 11.5 Å². The number of aryl methyl sites for hydroxylation is 1. The summed E-state index contributed by atoms with van der Waals surface area (Å²) in [6, 6.07) is 10.7. The summed E-state index contributed by atoms with van der Waals surface area (Å²) in [5, 5.41) is 0. The fourth-order valence-electron chi connectivity index (χ4n) is 4.04. The predicted molar refractivity (Wildman–Crippen MR) is 122 cm³/mol. The van der Waals surface area contributed by atoms with Crippen molar-refractivity contribution in [3.05, 3.63) is 95.7 Å². The smallest absolute Gasteiger partial charge is 0.168 e. The fourth-order valence-corrected chi connectivity index (χ4v) is 4.04. The number of methoxy groups -OCH3 is 1. The van der Waals surface area contributed by atoms with Crippen LogP contribution in [0.1, 0.15) is 42.7 Å². The zero-order valence-electron chi connectivity index (χ0n) is 18.6. The van der Waals surface area contributed by atoms with Gasteiger partial charge in [-0.3, -0.25) is 0 Å². The first-order chi connectivity index (χ1) is 15.3. The normalized spacial score (nSPS) is 18.8. The number of hydrogen-bond donors (Lipinski definition) is 0. The van der Waals surface area contributed by atoms with Gasteiger partial charge in [0.05, 0.1) is 13.7 Å². The summed E-state index contributed by atoms with van der Waals surface area (Å²) in [4.78, 5) is 0. The van der Waals surface area contributed by atoms with Gasteiger partial charge in [-0.15, -0.1) is 0 Å². The van der Waals surface area contributed by atoms with E-state index in [2.05, 4.69) is 13.2 Å². The van der Waals surface area contributed by atoms with Gasteiger partial charge < -0.3 is 9.47 Å². The van der Waals surface area contributed by atoms with Gasteiger partial charge in [0, 0.05) is 11.6 Å². The highest BCUT2D eigenvalue weighted by atomic mass is 19.2. The Bertz CT molecular complexity index is 1000. The number of benzene rings is 2. The molecule has 0 heterocycles. The van der Waals surface area contributed by atoms with Crippen molar-refractivity contribution < 1.29 is 22.6 Å². The maximum absolute atomic E-state index is 14.9. The van der Waals surface area contributed by atoms with Crippen molar-refractivity contribution in [2.45, 2.75) is 38.5 Å². The van der Waals surface area contributed by atoms with Crippen LogP contribution in [0.25, 0.3) is 11.1 Å². The lowest BCUT2D eigenvalue weighted by molar-refractivity contribution is 0.136. The molecule has 0 atom stereocenters. The molecule has 0 amide bonds. The van der Waals surface area contributed by atoms with Gasteiger partial charge in [-0.2, -0.15) is 0 Å². The van der Waals surface area contributed by atoms with Crippen molar-refractivity contribution in [1.29, 1.82) is 0 Å². The summed E-state index contributed by atoms with van der Waals surface area (Å²) in [5.74, 6) is -1.91. The van der Waals surface area contributed by atoms with Crippen molar-refractivity contribution >= 4 is 0 Å². The quantitative estimate of drug-likeness (QED) is 0.307. The van der Waals surface area contributed by atoms with Crippen LogP contribution in [0.15, 0.2) is 73.0 Å². The summed E-state index contributed by atoms with van der Waals surface area (Å²) in [6.45, 7) is 9.40. The molecule has 32 heavy (non-hydrogen) atoms. The van der Waals surface area contributed by atoms with Crippen LogP contribution in [0.3, 0.4) is 0 Å². The van der Waals surface area contributed by atoms with Gasteiger partial charge in [-0.1, -0.05) is 55.1 Å². The van der Waals surface area contributed by atoms with Crippen LogP contribution in [0, 0.1) is 24.5 Å². The van der Waals surface area contributed by atoms with Crippen molar-refractivity contribution in [1.82, 2.24) is 0 Å². The third-order valence-electron chi connectivity index (χ3n) is 6.07. The van der Waals surface area contributed by atoms with Gasteiger partial charge in [-0.25, -0.2) is 13.2 Å². The van der Waals surface area contributed by atoms with E-state index in [1.165, 1.54) is 7.11 Å². The van der Waals surface area contributed by atoms with Gasteiger partial charge in [0.15, 0.2) is 17.5 Å². The lowest BCUT2D eigenvalue weighted by atomic mass is 9.78. The van der Waals surface area contributed by atoms with Crippen LogP contribution < -0.4 is 0 Å². The zero-order valence-corrected chi connectivity index (χ0v) is 18.6. The second kappa shape index (κ2) is 10.6. The van der Waals surface area contributed by atoms with Crippen molar-refractivity contribution in [3.63, 3.8) is 0 Å². The average Bonchev–Trinajstić information content (AvgIpc) is 2.80. The SMILES string of the molecule is C=C(/C=C(/F)C(=C)OCC1CCC(c2ccc(-c3ccc(C)cc3)c(F)c2F)CC1)OC. The Labute approximate surface area is 188 Å². The molecule has 1 fully saturated rings. The first-order valence-corrected chi connectivity index (χ1v) is 10.8. The average molecular weight is 443 g/mol. The summed E-state index contributed by atoms with van der Waals surface area (Å²) in [5.41, 5.74) is 2.43. The molecule has 2 nitrogen and oxygen atoms in total. The van der Waals surface area contributed by atoms with Crippen LogP contribution >= 0.6 is 0 Å². The zero-order chi connectivity index (χ0) is 23.3. The topological polar surface area (TPSA) is 18.5 Å². The molecule has 0 radical (unpaired) electrons. The molecule has 0 N–H and O–H groups in total. The lowest BCUT2D eigenvalue weighted by Gasteiger charge is -2.29. The molecule has 0 unspecified atom stereocenters. The maximum atomic E-state index is 14.9. The summed E-state index contributed by atoms with van der Waals surface area (Å²) < 4.78 is 54.0. The largest absolute Gasteiger partial charge is 0.497 e. The highest BCUT2D eigenvalue weighted by Crippen LogP contribution is 2.39. The Morgan fingerprint density at radius 2 is 1.66 bits per heavy atom. The Kier molecular flexibility index (Phi) is 7.84. The minimum Gasteiger partial charge on any atom is -0.497 e. The summed E-state index contributed by atoms with van der Waals surface area (Å²) in [6.07, 6.45) is 4.14. The van der Waals surface area contributed by atoms with E-state index in [9.17, 15) is 13.2 Å². The highest BCUT2D eigenvalue weighted by molar-refractivity contribution is 5.65. The third-order valence-corrected chi connectivity index (χ3v) is 6.07. The second-order valence-electron chi connectivity index (χ2n) is 8.31. The molecule has 2 aromatic rings. The van der Waals surface area contributed by atoms with E-state index in [-0.39, 0.29) is 28.9 Å². The second-order valence-corrected chi connectivity index (χ2v) is 8.31. The molecule has 1 saturated carbocycles. The molecule has 2 aromatic carbocycles. The van der Waals surface area contributed by atoms with Crippen molar-refractivity contribution in [2.24, 2.45) is 5.92 Å². The van der Waals surface area contributed by atoms with Crippen LogP contribution in [0.2, 0.25) is 0 Å². The molecule has 0 saturated heterocycles. The fraction of sp³-hybridized carbons (Fsp3) is 0.333. The molecule has 0 aromatic heterocycles. The number of allylic oxidation sites excluding steroid dienone is 2. The number of ether oxygens (including phenoxy) is 2. The van der Waals surface area contributed by atoms with E-state index in [0.29, 0.717) is 17.7 Å². The molecule has 0 aliphatic heterocycles. The molecule has 1 aliphatic rings. The van der Waals surface area contributed by atoms with Crippen LogP contribution in [-0.4, -0.2) is 13.7 Å². The summed E-state index contributed by atoms with van der Waals surface area (Å²) >= 11 is 0. The maximum Gasteiger partial charge on any atom is 0.168 e. The molecular weight excluding hydrogens is 413 g/mol.